The fourth-order valence-electron chi connectivity index (χ4n) is 7.73. The second kappa shape index (κ2) is 10.6. The van der Waals surface area contributed by atoms with Crippen molar-refractivity contribution in [3.8, 4) is 16.8 Å². The molecular weight excluding hydrogens is 556 g/mol. The molecule has 3 aliphatic rings. The van der Waals surface area contributed by atoms with E-state index in [0.717, 1.165) is 89.2 Å². The molecule has 5 aromatic carbocycles. The minimum atomic E-state index is -0.626. The lowest BCUT2D eigenvalue weighted by molar-refractivity contribution is 0.380. The molecule has 0 bridgehead atoms. The van der Waals surface area contributed by atoms with Crippen molar-refractivity contribution in [1.29, 1.82) is 0 Å². The summed E-state index contributed by atoms with van der Waals surface area (Å²) in [5.41, 5.74) is 9.81. The number of nitrogens with zero attached hydrogens (tertiary/aromatic N) is 2. The van der Waals surface area contributed by atoms with E-state index >= 15 is 5.21 Å². The van der Waals surface area contributed by atoms with E-state index in [1.54, 1.807) is 0 Å². The summed E-state index contributed by atoms with van der Waals surface area (Å²) in [6.45, 7) is 3.92. The zero-order valence-electron chi connectivity index (χ0n) is 25.1. The maximum atomic E-state index is 15.6. The third-order valence-corrected chi connectivity index (χ3v) is 9.80. The Labute approximate surface area is 262 Å². The Balaban J connectivity index is 1.30. The quantitative estimate of drug-likeness (QED) is 0.127. The van der Waals surface area contributed by atoms with Crippen molar-refractivity contribution in [3.63, 3.8) is 0 Å². The summed E-state index contributed by atoms with van der Waals surface area (Å²) in [6, 6.07) is 38.0. The van der Waals surface area contributed by atoms with Crippen LogP contribution in [0, 0.1) is 5.21 Å². The second-order valence-corrected chi connectivity index (χ2v) is 12.4. The second-order valence-electron chi connectivity index (χ2n) is 12.4. The molecular formula is C38H36N6O. The molecule has 6 aromatic rings. The van der Waals surface area contributed by atoms with Crippen molar-refractivity contribution in [2.24, 2.45) is 0 Å². The van der Waals surface area contributed by atoms with Gasteiger partial charge in [0.05, 0.1) is 34.5 Å². The van der Waals surface area contributed by atoms with Gasteiger partial charge < -0.3 is 9.77 Å². The largest absolute Gasteiger partial charge is 0.616 e. The van der Waals surface area contributed by atoms with Crippen LogP contribution >= 0.6 is 0 Å². The van der Waals surface area contributed by atoms with Gasteiger partial charge in [-0.1, -0.05) is 54.6 Å². The molecule has 4 heterocycles. The fourth-order valence-corrected chi connectivity index (χ4v) is 7.73. The predicted molar refractivity (Wildman–Crippen MR) is 184 cm³/mol. The van der Waals surface area contributed by atoms with Crippen molar-refractivity contribution >= 4 is 38.9 Å². The SMILES string of the molecule is [O-][N+]1(c2cccc(C3NCCCN3)c2)c2ccccc2-c2c1ccc1c3ccccc3n(-c3cccc(C4NCCCN4)c3)c21. The summed E-state index contributed by atoms with van der Waals surface area (Å²) in [6.07, 6.45) is 2.37. The van der Waals surface area contributed by atoms with Gasteiger partial charge >= 0.3 is 0 Å². The van der Waals surface area contributed by atoms with Crippen molar-refractivity contribution in [3.05, 3.63) is 126 Å². The first kappa shape index (κ1) is 27.0. The van der Waals surface area contributed by atoms with Gasteiger partial charge in [-0.05, 0) is 80.5 Å². The topological polar surface area (TPSA) is 76.1 Å². The Morgan fingerprint density at radius 1 is 0.600 bits per heavy atom. The van der Waals surface area contributed by atoms with E-state index in [-0.39, 0.29) is 12.3 Å². The van der Waals surface area contributed by atoms with E-state index in [2.05, 4.69) is 111 Å². The van der Waals surface area contributed by atoms with Crippen LogP contribution in [0.15, 0.2) is 109 Å². The maximum Gasteiger partial charge on any atom is 0.153 e. The van der Waals surface area contributed by atoms with Gasteiger partial charge in [-0.2, -0.15) is 0 Å². The van der Waals surface area contributed by atoms with Gasteiger partial charge in [-0.25, -0.2) is 0 Å². The zero-order valence-corrected chi connectivity index (χ0v) is 25.1. The molecule has 4 N–H and O–H groups in total. The van der Waals surface area contributed by atoms with Crippen molar-refractivity contribution in [2.75, 3.05) is 26.2 Å². The highest BCUT2D eigenvalue weighted by Crippen LogP contribution is 2.59. The van der Waals surface area contributed by atoms with Crippen LogP contribution in [-0.2, 0) is 0 Å². The van der Waals surface area contributed by atoms with Gasteiger partial charge in [0.25, 0.3) is 0 Å². The molecule has 2 fully saturated rings. The van der Waals surface area contributed by atoms with E-state index < -0.39 is 4.65 Å². The summed E-state index contributed by atoms with van der Waals surface area (Å²) in [4.78, 5) is 0. The number of benzene rings is 5. The van der Waals surface area contributed by atoms with Crippen LogP contribution in [0.2, 0.25) is 0 Å². The van der Waals surface area contributed by atoms with Crippen LogP contribution in [0.4, 0.5) is 17.1 Å². The molecule has 0 spiro atoms. The van der Waals surface area contributed by atoms with Crippen molar-refractivity contribution < 1.29 is 0 Å². The Hall–Kier alpha value is -4.34. The lowest BCUT2D eigenvalue weighted by Crippen LogP contribution is -2.41. The summed E-state index contributed by atoms with van der Waals surface area (Å²) in [5.74, 6) is 0. The molecule has 0 amide bonds. The van der Waals surface area contributed by atoms with E-state index in [4.69, 9.17) is 0 Å². The number of quaternary nitrogens is 1. The van der Waals surface area contributed by atoms with E-state index in [1.165, 1.54) is 10.9 Å². The van der Waals surface area contributed by atoms with Crippen LogP contribution in [0.5, 0.6) is 0 Å². The molecule has 9 rings (SSSR count). The van der Waals surface area contributed by atoms with Crippen LogP contribution in [-0.4, -0.2) is 30.7 Å². The van der Waals surface area contributed by atoms with Gasteiger partial charge in [0, 0.05) is 40.7 Å². The average molecular weight is 593 g/mol. The van der Waals surface area contributed by atoms with Crippen molar-refractivity contribution in [1.82, 2.24) is 30.5 Å². The fraction of sp³-hybridized carbons (Fsp3) is 0.211. The zero-order chi connectivity index (χ0) is 30.0. The van der Waals surface area contributed by atoms with Crippen molar-refractivity contribution in [2.45, 2.75) is 25.2 Å². The first-order chi connectivity index (χ1) is 22.2. The summed E-state index contributed by atoms with van der Waals surface area (Å²) >= 11 is 0. The third-order valence-electron chi connectivity index (χ3n) is 9.80. The summed E-state index contributed by atoms with van der Waals surface area (Å²) < 4.78 is 1.74. The smallest absolute Gasteiger partial charge is 0.153 e. The molecule has 7 heteroatoms. The van der Waals surface area contributed by atoms with Crippen LogP contribution in [0.1, 0.15) is 36.3 Å². The Bertz CT molecular complexity index is 2070. The normalized spacial score (nSPS) is 20.5. The lowest BCUT2D eigenvalue weighted by atomic mass is 10.0. The van der Waals surface area contributed by atoms with Gasteiger partial charge in [-0.15, -0.1) is 0 Å². The van der Waals surface area contributed by atoms with Gasteiger partial charge in [0.2, 0.25) is 0 Å². The number of fused-ring (bicyclic) bond motifs is 7. The summed E-state index contributed by atoms with van der Waals surface area (Å²) in [7, 11) is 0. The Morgan fingerprint density at radius 3 is 2.04 bits per heavy atom. The number of hydrogen-bond acceptors (Lipinski definition) is 5. The van der Waals surface area contributed by atoms with E-state index in [9.17, 15) is 0 Å². The lowest BCUT2D eigenvalue weighted by Gasteiger charge is -2.39. The number of aromatic nitrogens is 1. The molecule has 1 atom stereocenters. The Kier molecular flexibility index (Phi) is 6.38. The van der Waals surface area contributed by atoms with Crippen LogP contribution < -0.4 is 25.9 Å². The highest BCUT2D eigenvalue weighted by Gasteiger charge is 2.42. The average Bonchev–Trinajstić information content (AvgIpc) is 3.59. The van der Waals surface area contributed by atoms with Crippen LogP contribution in [0.25, 0.3) is 38.6 Å². The predicted octanol–water partition coefficient (Wildman–Crippen LogP) is 7.40. The molecule has 45 heavy (non-hydrogen) atoms. The minimum absolute atomic E-state index is 0.0352. The molecule has 0 aliphatic carbocycles. The number of para-hydroxylation sites is 2. The standard InChI is InChI=1S/C38H36N6O/c45-44(28-12-6-10-26(24-28)38-41-21-8-22-42-38)33-16-4-2-14-31(33)35-34(44)18-17-30-29-13-1-3-15-32(29)43(36(30)35)27-11-5-9-25(23-27)37-39-19-7-20-40-37/h1-6,9-18,23-24,37-42H,7-8,19-22H2. The highest BCUT2D eigenvalue weighted by molar-refractivity contribution is 6.19. The first-order valence-corrected chi connectivity index (χ1v) is 16.1. The molecule has 0 saturated carbocycles. The number of rotatable bonds is 4. The van der Waals surface area contributed by atoms with Gasteiger partial charge in [-0.3, -0.25) is 25.9 Å². The molecule has 1 unspecified atom stereocenters. The summed E-state index contributed by atoms with van der Waals surface area (Å²) in [5, 5.41) is 32.3. The minimum Gasteiger partial charge on any atom is -0.616 e. The Morgan fingerprint density at radius 2 is 1.27 bits per heavy atom. The molecule has 2 saturated heterocycles. The molecule has 0 radical (unpaired) electrons. The monoisotopic (exact) mass is 592 g/mol. The van der Waals surface area contributed by atoms with Gasteiger partial charge in [0.1, 0.15) is 5.69 Å². The first-order valence-electron chi connectivity index (χ1n) is 16.1. The molecule has 3 aliphatic heterocycles. The highest BCUT2D eigenvalue weighted by atomic mass is 16.5. The number of nitrogens with one attached hydrogen (secondary N) is 4. The maximum absolute atomic E-state index is 15.6. The van der Waals surface area contributed by atoms with E-state index in [0.29, 0.717) is 5.69 Å². The molecule has 224 valence electrons. The van der Waals surface area contributed by atoms with Crippen LogP contribution in [0.3, 0.4) is 0 Å². The molecule has 1 aromatic heterocycles. The molecule has 7 nitrogen and oxygen atoms in total. The van der Waals surface area contributed by atoms with E-state index in [1.807, 2.05) is 24.3 Å². The van der Waals surface area contributed by atoms with Gasteiger partial charge in [0.15, 0.2) is 11.4 Å². The number of hydrogen-bond donors (Lipinski definition) is 4. The third kappa shape index (κ3) is 4.13.